The quantitative estimate of drug-likeness (QED) is 0.862. The van der Waals surface area contributed by atoms with E-state index in [2.05, 4.69) is 11.8 Å². The van der Waals surface area contributed by atoms with Crippen LogP contribution in [0, 0.1) is 11.8 Å². The molecule has 0 spiro atoms. The predicted octanol–water partition coefficient (Wildman–Crippen LogP) is 1.59. The molecule has 0 atom stereocenters. The average molecular weight is 295 g/mol. The van der Waals surface area contributed by atoms with Crippen LogP contribution in [0.5, 0.6) is 0 Å². The monoisotopic (exact) mass is 295 g/mol. The van der Waals surface area contributed by atoms with Crippen molar-refractivity contribution in [3.05, 3.63) is 35.4 Å². The number of aliphatic hydroxyl groups is 1. The van der Waals surface area contributed by atoms with Gasteiger partial charge >= 0.3 is 0 Å². The summed E-state index contributed by atoms with van der Waals surface area (Å²) in [5, 5.41) is 8.76. The van der Waals surface area contributed by atoms with Crippen LogP contribution in [0.15, 0.2) is 24.3 Å². The van der Waals surface area contributed by atoms with Gasteiger partial charge in [0.15, 0.2) is 0 Å². The standard InChI is InChI=1S/C15H21NO3S/c1-15(2,3)20(18,19)16(4)12-14-9-6-5-8-13(14)10-7-11-17/h5-6,8-9,17H,11-12H2,1-4H3. The summed E-state index contributed by atoms with van der Waals surface area (Å²) in [4.78, 5) is 0. The van der Waals surface area contributed by atoms with Crippen molar-refractivity contribution in [1.82, 2.24) is 4.31 Å². The number of benzene rings is 1. The van der Waals surface area contributed by atoms with Crippen molar-refractivity contribution in [3.63, 3.8) is 0 Å². The van der Waals surface area contributed by atoms with Crippen LogP contribution in [0.25, 0.3) is 0 Å². The summed E-state index contributed by atoms with van der Waals surface area (Å²) in [6.07, 6.45) is 0. The third-order valence-corrected chi connectivity index (χ3v) is 5.39. The fourth-order valence-corrected chi connectivity index (χ4v) is 2.95. The van der Waals surface area contributed by atoms with E-state index in [0.717, 1.165) is 11.1 Å². The van der Waals surface area contributed by atoms with E-state index in [-0.39, 0.29) is 13.2 Å². The maximum atomic E-state index is 12.3. The summed E-state index contributed by atoms with van der Waals surface area (Å²) in [6.45, 7) is 5.07. The van der Waals surface area contributed by atoms with Crippen molar-refractivity contribution >= 4 is 10.0 Å². The number of rotatable bonds is 3. The van der Waals surface area contributed by atoms with Crippen LogP contribution in [0.4, 0.5) is 0 Å². The highest BCUT2D eigenvalue weighted by Gasteiger charge is 2.33. The Balaban J connectivity index is 3.06. The largest absolute Gasteiger partial charge is 0.384 e. The van der Waals surface area contributed by atoms with Crippen LogP contribution in [0.2, 0.25) is 0 Å². The number of nitrogens with zero attached hydrogens (tertiary/aromatic N) is 1. The molecule has 1 aromatic carbocycles. The second kappa shape index (κ2) is 6.40. The molecule has 110 valence electrons. The van der Waals surface area contributed by atoms with Gasteiger partial charge < -0.3 is 5.11 Å². The first-order valence-corrected chi connectivity index (χ1v) is 7.77. The van der Waals surface area contributed by atoms with Crippen molar-refractivity contribution in [1.29, 1.82) is 0 Å². The Morgan fingerprint density at radius 2 is 1.85 bits per heavy atom. The van der Waals surface area contributed by atoms with Crippen molar-refractivity contribution in [3.8, 4) is 11.8 Å². The van der Waals surface area contributed by atoms with Crippen molar-refractivity contribution in [2.45, 2.75) is 32.1 Å². The van der Waals surface area contributed by atoms with Gasteiger partial charge in [0, 0.05) is 19.2 Å². The molecule has 0 saturated carbocycles. The molecule has 0 radical (unpaired) electrons. The Morgan fingerprint density at radius 1 is 1.25 bits per heavy atom. The topological polar surface area (TPSA) is 57.6 Å². The molecule has 0 unspecified atom stereocenters. The smallest absolute Gasteiger partial charge is 0.219 e. The van der Waals surface area contributed by atoms with E-state index in [1.54, 1.807) is 27.8 Å². The van der Waals surface area contributed by atoms with Crippen LogP contribution in [-0.4, -0.2) is 36.2 Å². The molecular formula is C15H21NO3S. The molecule has 0 amide bonds. The first kappa shape index (κ1) is 16.7. The van der Waals surface area contributed by atoms with E-state index in [9.17, 15) is 8.42 Å². The molecule has 0 bridgehead atoms. The van der Waals surface area contributed by atoms with E-state index in [1.807, 2.05) is 24.3 Å². The minimum Gasteiger partial charge on any atom is -0.384 e. The second-order valence-electron chi connectivity index (χ2n) is 5.49. The summed E-state index contributed by atoms with van der Waals surface area (Å²) >= 11 is 0. The lowest BCUT2D eigenvalue weighted by atomic mass is 10.1. The van der Waals surface area contributed by atoms with Gasteiger partial charge in [-0.05, 0) is 32.4 Å². The third kappa shape index (κ3) is 3.83. The van der Waals surface area contributed by atoms with E-state index in [0.29, 0.717) is 0 Å². The lowest BCUT2D eigenvalue weighted by Crippen LogP contribution is -2.40. The van der Waals surface area contributed by atoms with E-state index in [1.165, 1.54) is 4.31 Å². The highest BCUT2D eigenvalue weighted by atomic mass is 32.2. The van der Waals surface area contributed by atoms with Gasteiger partial charge in [0.1, 0.15) is 6.61 Å². The molecule has 0 heterocycles. The Hall–Kier alpha value is -1.35. The molecule has 0 aromatic heterocycles. The molecule has 1 N–H and O–H groups in total. The van der Waals surface area contributed by atoms with Gasteiger partial charge in [0.05, 0.1) is 4.75 Å². The van der Waals surface area contributed by atoms with Crippen LogP contribution in [-0.2, 0) is 16.6 Å². The summed E-state index contributed by atoms with van der Waals surface area (Å²) in [5.41, 5.74) is 1.56. The normalized spacial score (nSPS) is 12.1. The van der Waals surface area contributed by atoms with E-state index in [4.69, 9.17) is 5.11 Å². The summed E-state index contributed by atoms with van der Waals surface area (Å²) in [6, 6.07) is 7.34. The van der Waals surface area contributed by atoms with E-state index >= 15 is 0 Å². The fourth-order valence-electron chi connectivity index (χ4n) is 1.71. The number of hydrogen-bond acceptors (Lipinski definition) is 3. The van der Waals surface area contributed by atoms with Crippen molar-refractivity contribution < 1.29 is 13.5 Å². The van der Waals surface area contributed by atoms with Gasteiger partial charge in [-0.1, -0.05) is 30.0 Å². The highest BCUT2D eigenvalue weighted by molar-refractivity contribution is 7.90. The molecule has 4 nitrogen and oxygen atoms in total. The van der Waals surface area contributed by atoms with Gasteiger partial charge in [-0.25, -0.2) is 12.7 Å². The molecule has 20 heavy (non-hydrogen) atoms. The van der Waals surface area contributed by atoms with Crippen LogP contribution in [0.3, 0.4) is 0 Å². The first-order valence-electron chi connectivity index (χ1n) is 6.33. The zero-order valence-corrected chi connectivity index (χ0v) is 13.2. The lowest BCUT2D eigenvalue weighted by Gasteiger charge is -2.27. The molecule has 0 aliphatic rings. The minimum absolute atomic E-state index is 0.218. The van der Waals surface area contributed by atoms with Crippen LogP contribution < -0.4 is 0 Å². The van der Waals surface area contributed by atoms with Gasteiger partial charge in [-0.3, -0.25) is 0 Å². The van der Waals surface area contributed by atoms with E-state index < -0.39 is 14.8 Å². The zero-order valence-electron chi connectivity index (χ0n) is 12.3. The molecule has 0 saturated heterocycles. The fraction of sp³-hybridized carbons (Fsp3) is 0.467. The van der Waals surface area contributed by atoms with Crippen LogP contribution in [0.1, 0.15) is 31.9 Å². The van der Waals surface area contributed by atoms with Gasteiger partial charge in [-0.15, -0.1) is 0 Å². The van der Waals surface area contributed by atoms with Gasteiger partial charge in [0.2, 0.25) is 10.0 Å². The van der Waals surface area contributed by atoms with Crippen LogP contribution >= 0.6 is 0 Å². The Kier molecular flexibility index (Phi) is 5.35. The summed E-state index contributed by atoms with van der Waals surface area (Å²) in [7, 11) is -1.81. The first-order chi connectivity index (χ1) is 9.20. The van der Waals surface area contributed by atoms with Gasteiger partial charge in [-0.2, -0.15) is 0 Å². The molecule has 1 rings (SSSR count). The number of hydrogen-bond donors (Lipinski definition) is 1. The molecule has 0 aliphatic carbocycles. The molecule has 1 aromatic rings. The predicted molar refractivity (Wildman–Crippen MR) is 80.5 cm³/mol. The minimum atomic E-state index is -3.38. The zero-order chi connectivity index (χ0) is 15.4. The Labute approximate surface area is 121 Å². The SMILES string of the molecule is CN(Cc1ccccc1C#CCO)S(=O)(=O)C(C)(C)C. The Bertz CT molecular complexity index is 618. The molecule has 0 aliphatic heterocycles. The number of aliphatic hydroxyl groups excluding tert-OH is 1. The second-order valence-corrected chi connectivity index (χ2v) is 8.29. The molecule has 5 heteroatoms. The number of sulfonamides is 1. The third-order valence-electron chi connectivity index (χ3n) is 2.90. The van der Waals surface area contributed by atoms with Gasteiger partial charge in [0.25, 0.3) is 0 Å². The van der Waals surface area contributed by atoms with Crippen molar-refractivity contribution in [2.75, 3.05) is 13.7 Å². The summed E-state index contributed by atoms with van der Waals surface area (Å²) < 4.78 is 25.2. The summed E-state index contributed by atoms with van der Waals surface area (Å²) in [5.74, 6) is 5.42. The maximum absolute atomic E-state index is 12.3. The maximum Gasteiger partial charge on any atom is 0.219 e. The highest BCUT2D eigenvalue weighted by Crippen LogP contribution is 2.21. The molecular weight excluding hydrogens is 274 g/mol. The Morgan fingerprint density at radius 3 is 2.40 bits per heavy atom. The average Bonchev–Trinajstić information content (AvgIpc) is 2.36. The van der Waals surface area contributed by atoms with Crippen molar-refractivity contribution in [2.24, 2.45) is 0 Å². The lowest BCUT2D eigenvalue weighted by molar-refractivity contribution is 0.350. The molecule has 0 fully saturated rings.